The Morgan fingerprint density at radius 3 is 2.57 bits per heavy atom. The summed E-state index contributed by atoms with van der Waals surface area (Å²) in [5.41, 5.74) is 0.137. The normalized spacial score (nSPS) is 16.6. The minimum atomic E-state index is -0.728. The van der Waals surface area contributed by atoms with Crippen LogP contribution in [0.2, 0.25) is 0 Å². The lowest BCUT2D eigenvalue weighted by Gasteiger charge is -2.32. The van der Waals surface area contributed by atoms with Gasteiger partial charge in [-0.3, -0.25) is 10.1 Å². The molecule has 0 amide bonds. The van der Waals surface area contributed by atoms with Crippen LogP contribution in [0.5, 0.6) is 5.75 Å². The number of nitro benzene ring substituents is 1. The Kier molecular flexibility index (Phi) is 5.41. The summed E-state index contributed by atoms with van der Waals surface area (Å²) < 4.78 is 18.7. The number of halogens is 1. The molecule has 1 aliphatic carbocycles. The summed E-state index contributed by atoms with van der Waals surface area (Å²) in [6, 6.07) is 2.28. The molecule has 128 valence electrons. The highest BCUT2D eigenvalue weighted by Crippen LogP contribution is 2.40. The van der Waals surface area contributed by atoms with Gasteiger partial charge in [0, 0.05) is 24.6 Å². The average Bonchev–Trinajstić information content (AvgIpc) is 2.93. The first-order chi connectivity index (χ1) is 10.9. The molecule has 0 saturated heterocycles. The van der Waals surface area contributed by atoms with Gasteiger partial charge in [0.05, 0.1) is 18.1 Å². The van der Waals surface area contributed by atoms with Gasteiger partial charge in [0.1, 0.15) is 5.69 Å². The maximum atomic E-state index is 13.7. The van der Waals surface area contributed by atoms with Crippen LogP contribution in [0.3, 0.4) is 0 Å². The third-order valence-electron chi connectivity index (χ3n) is 4.44. The summed E-state index contributed by atoms with van der Waals surface area (Å²) in [4.78, 5) is 12.8. The van der Waals surface area contributed by atoms with Crippen molar-refractivity contribution >= 4 is 11.4 Å². The Labute approximate surface area is 135 Å². The predicted molar refractivity (Wildman–Crippen MR) is 87.6 cm³/mol. The van der Waals surface area contributed by atoms with Crippen LogP contribution < -0.4 is 10.1 Å². The van der Waals surface area contributed by atoms with Gasteiger partial charge in [0.25, 0.3) is 5.69 Å². The van der Waals surface area contributed by atoms with Crippen LogP contribution in [0.25, 0.3) is 0 Å². The molecule has 1 fully saturated rings. The lowest BCUT2D eigenvalue weighted by Crippen LogP contribution is -2.37. The monoisotopic (exact) mass is 325 g/mol. The molecule has 2 rings (SSSR count). The van der Waals surface area contributed by atoms with Crippen molar-refractivity contribution in [2.75, 3.05) is 39.6 Å². The van der Waals surface area contributed by atoms with Gasteiger partial charge in [-0.25, -0.2) is 4.39 Å². The van der Waals surface area contributed by atoms with Crippen molar-refractivity contribution in [1.29, 1.82) is 0 Å². The van der Waals surface area contributed by atoms with E-state index >= 15 is 0 Å². The van der Waals surface area contributed by atoms with Crippen LogP contribution in [-0.2, 0) is 0 Å². The van der Waals surface area contributed by atoms with Gasteiger partial charge in [0.15, 0.2) is 11.6 Å². The first-order valence-corrected chi connectivity index (χ1v) is 7.77. The Bertz CT molecular complexity index is 572. The molecule has 0 aromatic heterocycles. The Morgan fingerprint density at radius 2 is 2.04 bits per heavy atom. The molecule has 0 bridgehead atoms. The zero-order valence-corrected chi connectivity index (χ0v) is 13.9. The van der Waals surface area contributed by atoms with Crippen LogP contribution in [0.4, 0.5) is 15.8 Å². The summed E-state index contributed by atoms with van der Waals surface area (Å²) in [6.07, 6.45) is 4.52. The number of benzene rings is 1. The van der Waals surface area contributed by atoms with Crippen molar-refractivity contribution in [3.05, 3.63) is 28.1 Å². The molecule has 1 aromatic rings. The summed E-state index contributed by atoms with van der Waals surface area (Å²) in [5, 5.41) is 14.3. The van der Waals surface area contributed by atoms with Gasteiger partial charge in [-0.15, -0.1) is 0 Å². The standard InChI is InChI=1S/C16H24FN3O3/c1-19(2)11-16(6-4-5-7-16)10-18-13-9-15(23-3)12(17)8-14(13)20(21)22/h8-9,18H,4-7,10-11H2,1-3H3. The summed E-state index contributed by atoms with van der Waals surface area (Å²) in [5.74, 6) is -0.722. The molecule has 0 aliphatic heterocycles. The van der Waals surface area contributed by atoms with E-state index in [1.165, 1.54) is 26.0 Å². The van der Waals surface area contributed by atoms with Crippen molar-refractivity contribution in [3.8, 4) is 5.75 Å². The zero-order valence-electron chi connectivity index (χ0n) is 13.9. The maximum absolute atomic E-state index is 13.7. The predicted octanol–water partition coefficient (Wildman–Crippen LogP) is 3.28. The molecule has 1 aromatic carbocycles. The van der Waals surface area contributed by atoms with Crippen LogP contribution in [0, 0.1) is 21.3 Å². The topological polar surface area (TPSA) is 67.6 Å². The van der Waals surface area contributed by atoms with Crippen LogP contribution >= 0.6 is 0 Å². The number of nitrogens with one attached hydrogen (secondary N) is 1. The molecule has 6 nitrogen and oxygen atoms in total. The van der Waals surface area contributed by atoms with E-state index in [1.807, 2.05) is 14.1 Å². The van der Waals surface area contributed by atoms with E-state index in [2.05, 4.69) is 10.2 Å². The molecule has 23 heavy (non-hydrogen) atoms. The largest absolute Gasteiger partial charge is 0.494 e. The van der Waals surface area contributed by atoms with Gasteiger partial charge in [-0.1, -0.05) is 12.8 Å². The number of hydrogen-bond acceptors (Lipinski definition) is 5. The van der Waals surface area contributed by atoms with Gasteiger partial charge >= 0.3 is 0 Å². The lowest BCUT2D eigenvalue weighted by atomic mass is 9.85. The molecule has 1 N–H and O–H groups in total. The van der Waals surface area contributed by atoms with Crippen molar-refractivity contribution in [2.45, 2.75) is 25.7 Å². The fraction of sp³-hybridized carbons (Fsp3) is 0.625. The minimum Gasteiger partial charge on any atom is -0.494 e. The number of ether oxygens (including phenoxy) is 1. The van der Waals surface area contributed by atoms with Crippen molar-refractivity contribution in [1.82, 2.24) is 4.90 Å². The third kappa shape index (κ3) is 4.10. The van der Waals surface area contributed by atoms with E-state index in [4.69, 9.17) is 4.74 Å². The molecule has 0 unspecified atom stereocenters. The number of anilines is 1. The van der Waals surface area contributed by atoms with Gasteiger partial charge < -0.3 is 15.0 Å². The molecule has 0 heterocycles. The Morgan fingerprint density at radius 1 is 1.39 bits per heavy atom. The number of rotatable bonds is 7. The first-order valence-electron chi connectivity index (χ1n) is 7.77. The molecule has 0 atom stereocenters. The molecule has 0 spiro atoms. The second kappa shape index (κ2) is 7.12. The van der Waals surface area contributed by atoms with Crippen molar-refractivity contribution in [2.24, 2.45) is 5.41 Å². The van der Waals surface area contributed by atoms with Crippen LogP contribution in [0.15, 0.2) is 12.1 Å². The van der Waals surface area contributed by atoms with Crippen LogP contribution in [0.1, 0.15) is 25.7 Å². The lowest BCUT2D eigenvalue weighted by molar-refractivity contribution is -0.384. The highest BCUT2D eigenvalue weighted by Gasteiger charge is 2.34. The fourth-order valence-electron chi connectivity index (χ4n) is 3.46. The van der Waals surface area contributed by atoms with Crippen molar-refractivity contribution < 1.29 is 14.1 Å². The highest BCUT2D eigenvalue weighted by atomic mass is 19.1. The maximum Gasteiger partial charge on any atom is 0.295 e. The number of hydrogen-bond donors (Lipinski definition) is 1. The average molecular weight is 325 g/mol. The highest BCUT2D eigenvalue weighted by molar-refractivity contribution is 5.64. The van der Waals surface area contributed by atoms with E-state index in [1.54, 1.807) is 0 Å². The van der Waals surface area contributed by atoms with Gasteiger partial charge in [-0.05, 0) is 26.9 Å². The second-order valence-corrected chi connectivity index (χ2v) is 6.56. The summed E-state index contributed by atoms with van der Waals surface area (Å²) >= 11 is 0. The summed E-state index contributed by atoms with van der Waals surface area (Å²) in [6.45, 7) is 1.55. The molecule has 1 saturated carbocycles. The minimum absolute atomic E-state index is 0.00572. The van der Waals surface area contributed by atoms with E-state index in [0.29, 0.717) is 12.2 Å². The SMILES string of the molecule is COc1cc(NCC2(CN(C)C)CCCC2)c([N+](=O)[O-])cc1F. The molecule has 1 aliphatic rings. The van der Waals surface area contributed by atoms with E-state index in [0.717, 1.165) is 25.5 Å². The smallest absolute Gasteiger partial charge is 0.295 e. The van der Waals surface area contributed by atoms with E-state index in [-0.39, 0.29) is 16.9 Å². The number of nitrogens with zero attached hydrogens (tertiary/aromatic N) is 2. The third-order valence-corrected chi connectivity index (χ3v) is 4.44. The van der Waals surface area contributed by atoms with Crippen molar-refractivity contribution in [3.63, 3.8) is 0 Å². The molecular formula is C16H24FN3O3. The number of nitro groups is 1. The number of methoxy groups -OCH3 is 1. The first kappa shape index (κ1) is 17.5. The van der Waals surface area contributed by atoms with E-state index < -0.39 is 10.7 Å². The van der Waals surface area contributed by atoms with Crippen LogP contribution in [-0.4, -0.2) is 44.1 Å². The Hall–Kier alpha value is -1.89. The second-order valence-electron chi connectivity index (χ2n) is 6.56. The molecule has 7 heteroatoms. The van der Waals surface area contributed by atoms with Gasteiger partial charge in [-0.2, -0.15) is 0 Å². The Balaban J connectivity index is 2.22. The fourth-order valence-corrected chi connectivity index (χ4v) is 3.46. The molecule has 0 radical (unpaired) electrons. The zero-order chi connectivity index (χ0) is 17.0. The summed E-state index contributed by atoms with van der Waals surface area (Å²) in [7, 11) is 5.41. The quantitative estimate of drug-likeness (QED) is 0.615. The molecular weight excluding hydrogens is 301 g/mol. The van der Waals surface area contributed by atoms with Gasteiger partial charge in [0.2, 0.25) is 0 Å². The van der Waals surface area contributed by atoms with E-state index in [9.17, 15) is 14.5 Å².